The van der Waals surface area contributed by atoms with Gasteiger partial charge in [-0.25, -0.2) is 4.98 Å². The van der Waals surface area contributed by atoms with Crippen LogP contribution in [0.15, 0.2) is 24.3 Å². The minimum absolute atomic E-state index is 0.679. The summed E-state index contributed by atoms with van der Waals surface area (Å²) in [5.41, 5.74) is 9.57. The predicted octanol–water partition coefficient (Wildman–Crippen LogP) is 3.89. The third-order valence-corrected chi connectivity index (χ3v) is 4.72. The van der Waals surface area contributed by atoms with Crippen LogP contribution in [0.5, 0.6) is 0 Å². The van der Waals surface area contributed by atoms with Gasteiger partial charge in [-0.3, -0.25) is 0 Å². The molecule has 0 amide bonds. The summed E-state index contributed by atoms with van der Waals surface area (Å²) in [5.74, 6) is 0. The SMILES string of the molecule is CCCCc1ccc(Cc2sc(CCN)nc2C)cc1. The zero-order valence-corrected chi connectivity index (χ0v) is 13.3. The maximum atomic E-state index is 5.60. The smallest absolute Gasteiger partial charge is 0.0943 e. The molecule has 0 fully saturated rings. The van der Waals surface area contributed by atoms with Crippen LogP contribution in [0.25, 0.3) is 0 Å². The van der Waals surface area contributed by atoms with Gasteiger partial charge in [0.05, 0.1) is 10.7 Å². The Bertz CT molecular complexity index is 528. The molecule has 0 radical (unpaired) electrons. The number of hydrogen-bond acceptors (Lipinski definition) is 3. The largest absolute Gasteiger partial charge is 0.330 e. The van der Waals surface area contributed by atoms with Crippen molar-refractivity contribution < 1.29 is 0 Å². The normalized spacial score (nSPS) is 10.9. The number of unbranched alkanes of at least 4 members (excludes halogenated alkanes) is 1. The van der Waals surface area contributed by atoms with Crippen LogP contribution in [0.1, 0.15) is 46.5 Å². The van der Waals surface area contributed by atoms with Gasteiger partial charge in [0, 0.05) is 17.7 Å². The van der Waals surface area contributed by atoms with Gasteiger partial charge in [-0.2, -0.15) is 0 Å². The second-order valence-electron chi connectivity index (χ2n) is 5.25. The van der Waals surface area contributed by atoms with E-state index >= 15 is 0 Å². The van der Waals surface area contributed by atoms with E-state index in [9.17, 15) is 0 Å². The third-order valence-electron chi connectivity index (χ3n) is 3.50. The predicted molar refractivity (Wildman–Crippen MR) is 87.5 cm³/mol. The average Bonchev–Trinajstić information content (AvgIpc) is 2.79. The van der Waals surface area contributed by atoms with Gasteiger partial charge in [0.25, 0.3) is 0 Å². The van der Waals surface area contributed by atoms with E-state index in [1.165, 1.54) is 40.3 Å². The van der Waals surface area contributed by atoms with Gasteiger partial charge in [-0.15, -0.1) is 11.3 Å². The molecule has 0 unspecified atom stereocenters. The Morgan fingerprint density at radius 3 is 2.45 bits per heavy atom. The van der Waals surface area contributed by atoms with E-state index in [0.29, 0.717) is 6.54 Å². The molecule has 0 aliphatic heterocycles. The Balaban J connectivity index is 2.02. The van der Waals surface area contributed by atoms with Gasteiger partial charge in [-0.1, -0.05) is 37.6 Å². The van der Waals surface area contributed by atoms with E-state index in [0.717, 1.165) is 18.5 Å². The molecule has 1 aromatic carbocycles. The molecular formula is C17H24N2S. The number of hydrogen-bond donors (Lipinski definition) is 1. The highest BCUT2D eigenvalue weighted by Gasteiger charge is 2.08. The maximum absolute atomic E-state index is 5.60. The molecule has 0 aliphatic rings. The molecule has 108 valence electrons. The van der Waals surface area contributed by atoms with E-state index in [-0.39, 0.29) is 0 Å². The van der Waals surface area contributed by atoms with Crippen molar-refractivity contribution in [3.8, 4) is 0 Å². The van der Waals surface area contributed by atoms with Crippen molar-refractivity contribution in [3.05, 3.63) is 51.0 Å². The van der Waals surface area contributed by atoms with Crippen LogP contribution in [0, 0.1) is 6.92 Å². The summed E-state index contributed by atoms with van der Waals surface area (Å²) in [4.78, 5) is 5.96. The molecule has 0 aliphatic carbocycles. The second-order valence-corrected chi connectivity index (χ2v) is 6.42. The number of rotatable bonds is 7. The van der Waals surface area contributed by atoms with Crippen LogP contribution >= 0.6 is 11.3 Å². The van der Waals surface area contributed by atoms with Gasteiger partial charge in [0.2, 0.25) is 0 Å². The average molecular weight is 288 g/mol. The van der Waals surface area contributed by atoms with Crippen molar-refractivity contribution in [1.29, 1.82) is 0 Å². The minimum Gasteiger partial charge on any atom is -0.330 e. The highest BCUT2D eigenvalue weighted by molar-refractivity contribution is 7.11. The van der Waals surface area contributed by atoms with Crippen LogP contribution in [-0.4, -0.2) is 11.5 Å². The molecule has 2 N–H and O–H groups in total. The summed E-state index contributed by atoms with van der Waals surface area (Å²) in [5, 5.41) is 1.17. The Morgan fingerprint density at radius 1 is 1.10 bits per heavy atom. The van der Waals surface area contributed by atoms with E-state index in [1.807, 2.05) is 0 Å². The van der Waals surface area contributed by atoms with Crippen molar-refractivity contribution in [1.82, 2.24) is 4.98 Å². The lowest BCUT2D eigenvalue weighted by Crippen LogP contribution is -2.01. The van der Waals surface area contributed by atoms with Crippen molar-refractivity contribution >= 4 is 11.3 Å². The molecule has 2 aromatic rings. The first-order valence-electron chi connectivity index (χ1n) is 7.46. The lowest BCUT2D eigenvalue weighted by atomic mass is 10.0. The highest BCUT2D eigenvalue weighted by atomic mass is 32.1. The summed E-state index contributed by atoms with van der Waals surface area (Å²) in [6.45, 7) is 5.01. The molecule has 2 rings (SSSR count). The van der Waals surface area contributed by atoms with Crippen molar-refractivity contribution in [2.24, 2.45) is 5.73 Å². The molecule has 0 bridgehead atoms. The van der Waals surface area contributed by atoms with E-state index in [1.54, 1.807) is 11.3 Å². The van der Waals surface area contributed by atoms with Crippen LogP contribution in [0.2, 0.25) is 0 Å². The number of benzene rings is 1. The van der Waals surface area contributed by atoms with Crippen LogP contribution in [-0.2, 0) is 19.3 Å². The molecule has 0 atom stereocenters. The lowest BCUT2D eigenvalue weighted by molar-refractivity contribution is 0.795. The first-order chi connectivity index (χ1) is 9.72. The van der Waals surface area contributed by atoms with E-state index in [2.05, 4.69) is 43.1 Å². The fourth-order valence-electron chi connectivity index (χ4n) is 2.27. The Kier molecular flexibility index (Phi) is 5.74. The molecular weight excluding hydrogens is 264 g/mol. The first kappa shape index (κ1) is 15.2. The fourth-order valence-corrected chi connectivity index (χ4v) is 3.39. The molecule has 1 heterocycles. The van der Waals surface area contributed by atoms with Crippen LogP contribution < -0.4 is 5.73 Å². The second kappa shape index (κ2) is 7.55. The van der Waals surface area contributed by atoms with Gasteiger partial charge in [0.15, 0.2) is 0 Å². The summed E-state index contributed by atoms with van der Waals surface area (Å²) in [7, 11) is 0. The Morgan fingerprint density at radius 2 is 1.80 bits per heavy atom. The van der Waals surface area contributed by atoms with Gasteiger partial charge < -0.3 is 5.73 Å². The summed E-state index contributed by atoms with van der Waals surface area (Å²) in [6.07, 6.45) is 5.60. The van der Waals surface area contributed by atoms with Crippen LogP contribution in [0.4, 0.5) is 0 Å². The molecule has 1 aromatic heterocycles. The standard InChI is InChI=1S/C17H24N2S/c1-3-4-5-14-6-8-15(9-7-14)12-16-13(2)19-17(20-16)10-11-18/h6-9H,3-5,10-12,18H2,1-2H3. The molecule has 2 nitrogen and oxygen atoms in total. The number of thiazole rings is 1. The summed E-state index contributed by atoms with van der Waals surface area (Å²) in [6, 6.07) is 9.05. The highest BCUT2D eigenvalue weighted by Crippen LogP contribution is 2.22. The molecule has 0 spiro atoms. The number of nitrogens with zero attached hydrogens (tertiary/aromatic N) is 1. The molecule has 0 saturated carbocycles. The van der Waals surface area contributed by atoms with Crippen LogP contribution in [0.3, 0.4) is 0 Å². The number of nitrogens with two attached hydrogens (primary N) is 1. The zero-order valence-electron chi connectivity index (χ0n) is 12.5. The maximum Gasteiger partial charge on any atom is 0.0943 e. The van der Waals surface area contributed by atoms with Crippen molar-refractivity contribution in [2.45, 2.75) is 46.0 Å². The Hall–Kier alpha value is -1.19. The summed E-state index contributed by atoms with van der Waals surface area (Å²) < 4.78 is 0. The quantitative estimate of drug-likeness (QED) is 0.839. The molecule has 20 heavy (non-hydrogen) atoms. The fraction of sp³-hybridized carbons (Fsp3) is 0.471. The monoisotopic (exact) mass is 288 g/mol. The first-order valence-corrected chi connectivity index (χ1v) is 8.27. The van der Waals surface area contributed by atoms with E-state index in [4.69, 9.17) is 5.73 Å². The lowest BCUT2D eigenvalue weighted by Gasteiger charge is -2.03. The van der Waals surface area contributed by atoms with Crippen molar-refractivity contribution in [2.75, 3.05) is 6.54 Å². The van der Waals surface area contributed by atoms with Gasteiger partial charge >= 0.3 is 0 Å². The minimum atomic E-state index is 0.679. The molecule has 0 saturated heterocycles. The molecule has 3 heteroatoms. The van der Waals surface area contributed by atoms with Gasteiger partial charge in [0.1, 0.15) is 0 Å². The van der Waals surface area contributed by atoms with E-state index < -0.39 is 0 Å². The summed E-state index contributed by atoms with van der Waals surface area (Å²) >= 11 is 1.81. The third kappa shape index (κ3) is 4.15. The number of aryl methyl sites for hydroxylation is 2. The topological polar surface area (TPSA) is 38.9 Å². The Labute approximate surface area is 126 Å². The number of aromatic nitrogens is 1. The van der Waals surface area contributed by atoms with Gasteiger partial charge in [-0.05, 0) is 37.4 Å². The zero-order chi connectivity index (χ0) is 14.4. The van der Waals surface area contributed by atoms with Crippen molar-refractivity contribution in [3.63, 3.8) is 0 Å².